The van der Waals surface area contributed by atoms with Crippen LogP contribution in [-0.4, -0.2) is 48.0 Å². The molecule has 0 aliphatic carbocycles. The SMILES string of the molecule is CCN1CCOC(C(=O)c2cc(Cl)cnc2N)C1. The summed E-state index contributed by atoms with van der Waals surface area (Å²) in [5, 5.41) is 0.399. The smallest absolute Gasteiger partial charge is 0.196 e. The van der Waals surface area contributed by atoms with Crippen molar-refractivity contribution in [3.63, 3.8) is 0 Å². The molecule has 0 amide bonds. The summed E-state index contributed by atoms with van der Waals surface area (Å²) >= 11 is 5.83. The molecule has 6 heteroatoms. The summed E-state index contributed by atoms with van der Waals surface area (Å²) in [6.07, 6.45) is 0.939. The summed E-state index contributed by atoms with van der Waals surface area (Å²) in [6, 6.07) is 1.54. The van der Waals surface area contributed by atoms with E-state index in [0.717, 1.165) is 13.1 Å². The number of nitrogens with zero attached hydrogens (tertiary/aromatic N) is 2. The number of nitrogen functional groups attached to an aromatic ring is 1. The molecule has 1 atom stereocenters. The molecule has 2 rings (SSSR count). The summed E-state index contributed by atoms with van der Waals surface area (Å²) in [5.74, 6) is 0.0438. The van der Waals surface area contributed by atoms with E-state index in [9.17, 15) is 4.79 Å². The third-order valence-electron chi connectivity index (χ3n) is 3.04. The number of carbonyl (C=O) groups is 1. The summed E-state index contributed by atoms with van der Waals surface area (Å²) < 4.78 is 5.50. The third-order valence-corrected chi connectivity index (χ3v) is 3.25. The van der Waals surface area contributed by atoms with E-state index in [0.29, 0.717) is 23.7 Å². The van der Waals surface area contributed by atoms with Gasteiger partial charge in [0.05, 0.1) is 17.2 Å². The molecule has 1 unspecified atom stereocenters. The fourth-order valence-electron chi connectivity index (χ4n) is 1.97. The highest BCUT2D eigenvalue weighted by Gasteiger charge is 2.28. The van der Waals surface area contributed by atoms with Crippen LogP contribution in [0.5, 0.6) is 0 Å². The Morgan fingerprint density at radius 2 is 2.50 bits per heavy atom. The fourth-order valence-corrected chi connectivity index (χ4v) is 2.13. The Morgan fingerprint density at radius 1 is 1.72 bits per heavy atom. The predicted molar refractivity (Wildman–Crippen MR) is 69.8 cm³/mol. The molecule has 1 aliphatic rings. The van der Waals surface area contributed by atoms with Crippen LogP contribution in [0.4, 0.5) is 5.82 Å². The lowest BCUT2D eigenvalue weighted by molar-refractivity contribution is -0.0148. The zero-order valence-electron chi connectivity index (χ0n) is 10.2. The number of rotatable bonds is 3. The van der Waals surface area contributed by atoms with Gasteiger partial charge < -0.3 is 10.5 Å². The number of ketones is 1. The molecule has 1 aromatic heterocycles. The first-order valence-electron chi connectivity index (χ1n) is 5.91. The van der Waals surface area contributed by atoms with Crippen molar-refractivity contribution >= 4 is 23.2 Å². The molecule has 0 bridgehead atoms. The van der Waals surface area contributed by atoms with Crippen LogP contribution in [0, 0.1) is 0 Å². The van der Waals surface area contributed by atoms with E-state index in [1.807, 2.05) is 0 Å². The van der Waals surface area contributed by atoms with Gasteiger partial charge >= 0.3 is 0 Å². The van der Waals surface area contributed by atoms with Crippen molar-refractivity contribution in [3.05, 3.63) is 22.8 Å². The minimum absolute atomic E-state index is 0.152. The van der Waals surface area contributed by atoms with Gasteiger partial charge in [-0.2, -0.15) is 0 Å². The lowest BCUT2D eigenvalue weighted by Gasteiger charge is -2.31. The maximum absolute atomic E-state index is 12.3. The molecule has 0 radical (unpaired) electrons. The molecule has 18 heavy (non-hydrogen) atoms. The normalized spacial score (nSPS) is 20.9. The van der Waals surface area contributed by atoms with E-state index < -0.39 is 6.10 Å². The molecule has 1 fully saturated rings. The number of pyridine rings is 1. The lowest BCUT2D eigenvalue weighted by atomic mass is 10.1. The Kier molecular flexibility index (Phi) is 4.16. The standard InChI is InChI=1S/C12H16ClN3O2/c1-2-16-3-4-18-10(7-16)11(17)9-5-8(13)6-15-12(9)14/h5-6,10H,2-4,7H2,1H3,(H2,14,15). The number of aromatic nitrogens is 1. The number of anilines is 1. The highest BCUT2D eigenvalue weighted by Crippen LogP contribution is 2.19. The number of Topliss-reactive ketones (excluding diaryl/α,β-unsaturated/α-hetero) is 1. The molecule has 1 saturated heterocycles. The predicted octanol–water partition coefficient (Wildman–Crippen LogP) is 1.22. The molecule has 2 heterocycles. The molecule has 0 spiro atoms. The fraction of sp³-hybridized carbons (Fsp3) is 0.500. The second kappa shape index (κ2) is 5.65. The average Bonchev–Trinajstić information content (AvgIpc) is 2.41. The zero-order valence-corrected chi connectivity index (χ0v) is 11.0. The number of carbonyl (C=O) groups excluding carboxylic acids is 1. The molecular weight excluding hydrogens is 254 g/mol. The summed E-state index contributed by atoms with van der Waals surface area (Å²) in [6.45, 7) is 4.95. The summed E-state index contributed by atoms with van der Waals surface area (Å²) in [7, 11) is 0. The van der Waals surface area contributed by atoms with Gasteiger partial charge in [0, 0.05) is 19.3 Å². The highest BCUT2D eigenvalue weighted by molar-refractivity contribution is 6.31. The van der Waals surface area contributed by atoms with E-state index >= 15 is 0 Å². The van der Waals surface area contributed by atoms with Gasteiger partial charge in [-0.15, -0.1) is 0 Å². The van der Waals surface area contributed by atoms with E-state index in [1.165, 1.54) is 6.20 Å². The van der Waals surface area contributed by atoms with Gasteiger partial charge in [-0.1, -0.05) is 18.5 Å². The van der Waals surface area contributed by atoms with Crippen LogP contribution in [0.3, 0.4) is 0 Å². The second-order valence-corrected chi connectivity index (χ2v) is 4.64. The van der Waals surface area contributed by atoms with E-state index in [-0.39, 0.29) is 11.6 Å². The minimum atomic E-state index is -0.485. The topological polar surface area (TPSA) is 68.5 Å². The molecule has 1 aliphatic heterocycles. The number of morpholine rings is 1. The van der Waals surface area contributed by atoms with Crippen molar-refractivity contribution in [2.45, 2.75) is 13.0 Å². The van der Waals surface area contributed by atoms with Crippen molar-refractivity contribution in [2.24, 2.45) is 0 Å². The Balaban J connectivity index is 2.17. The second-order valence-electron chi connectivity index (χ2n) is 4.20. The maximum atomic E-state index is 12.3. The highest BCUT2D eigenvalue weighted by atomic mass is 35.5. The van der Waals surface area contributed by atoms with Crippen LogP contribution < -0.4 is 5.73 Å². The van der Waals surface area contributed by atoms with Crippen LogP contribution in [0.25, 0.3) is 0 Å². The van der Waals surface area contributed by atoms with Gasteiger partial charge in [-0.25, -0.2) is 4.98 Å². The molecule has 5 nitrogen and oxygen atoms in total. The van der Waals surface area contributed by atoms with Crippen molar-refractivity contribution < 1.29 is 9.53 Å². The summed E-state index contributed by atoms with van der Waals surface area (Å²) in [4.78, 5) is 18.4. The van der Waals surface area contributed by atoms with Gasteiger partial charge in [0.25, 0.3) is 0 Å². The van der Waals surface area contributed by atoms with Gasteiger partial charge in [0.15, 0.2) is 5.78 Å². The van der Waals surface area contributed by atoms with Gasteiger partial charge in [-0.3, -0.25) is 9.69 Å². The van der Waals surface area contributed by atoms with Gasteiger partial charge in [0.1, 0.15) is 11.9 Å². The van der Waals surface area contributed by atoms with Crippen molar-refractivity contribution in [1.29, 1.82) is 0 Å². The molecule has 98 valence electrons. The number of hydrogen-bond acceptors (Lipinski definition) is 5. The van der Waals surface area contributed by atoms with E-state index in [1.54, 1.807) is 6.07 Å². The first-order valence-corrected chi connectivity index (χ1v) is 6.28. The molecule has 2 N–H and O–H groups in total. The van der Waals surface area contributed by atoms with Crippen molar-refractivity contribution in [2.75, 3.05) is 32.0 Å². The average molecular weight is 270 g/mol. The number of hydrogen-bond donors (Lipinski definition) is 1. The number of halogens is 1. The molecule has 0 aromatic carbocycles. The Labute approximate surface area is 111 Å². The first kappa shape index (κ1) is 13.3. The van der Waals surface area contributed by atoms with Crippen LogP contribution >= 0.6 is 11.6 Å². The van der Waals surface area contributed by atoms with Crippen LogP contribution in [0.2, 0.25) is 5.02 Å². The minimum Gasteiger partial charge on any atom is -0.383 e. The largest absolute Gasteiger partial charge is 0.383 e. The molecule has 0 saturated carbocycles. The zero-order chi connectivity index (χ0) is 13.1. The van der Waals surface area contributed by atoms with Crippen LogP contribution in [-0.2, 0) is 4.74 Å². The Hall–Kier alpha value is -1.17. The number of likely N-dealkylation sites (N-methyl/N-ethyl adjacent to an activating group) is 1. The van der Waals surface area contributed by atoms with Gasteiger partial charge in [0.2, 0.25) is 0 Å². The van der Waals surface area contributed by atoms with Crippen LogP contribution in [0.1, 0.15) is 17.3 Å². The maximum Gasteiger partial charge on any atom is 0.196 e. The van der Waals surface area contributed by atoms with E-state index in [4.69, 9.17) is 22.1 Å². The third kappa shape index (κ3) is 2.80. The Bertz CT molecular complexity index is 453. The number of nitrogens with two attached hydrogens (primary N) is 1. The van der Waals surface area contributed by atoms with Crippen molar-refractivity contribution in [1.82, 2.24) is 9.88 Å². The first-order chi connectivity index (χ1) is 8.61. The quantitative estimate of drug-likeness (QED) is 0.836. The molecule has 1 aromatic rings. The lowest BCUT2D eigenvalue weighted by Crippen LogP contribution is -2.46. The van der Waals surface area contributed by atoms with Crippen LogP contribution in [0.15, 0.2) is 12.3 Å². The summed E-state index contributed by atoms with van der Waals surface area (Å²) in [5.41, 5.74) is 6.04. The van der Waals surface area contributed by atoms with Gasteiger partial charge in [-0.05, 0) is 12.6 Å². The number of ether oxygens (including phenoxy) is 1. The Morgan fingerprint density at radius 3 is 3.22 bits per heavy atom. The monoisotopic (exact) mass is 269 g/mol. The van der Waals surface area contributed by atoms with E-state index in [2.05, 4.69) is 16.8 Å². The molecular formula is C12H16ClN3O2. The van der Waals surface area contributed by atoms with Crippen molar-refractivity contribution in [3.8, 4) is 0 Å².